The molecule has 8 aromatic rings. The lowest BCUT2D eigenvalue weighted by Gasteiger charge is -2.34. The first-order valence-corrected chi connectivity index (χ1v) is 19.8. The Labute approximate surface area is 320 Å². The molecule has 8 aromatic carbocycles. The second-order valence-electron chi connectivity index (χ2n) is 15.5. The van der Waals surface area contributed by atoms with E-state index in [1.165, 1.54) is 87.4 Å². The van der Waals surface area contributed by atoms with Crippen LogP contribution in [0.1, 0.15) is 64.8 Å². The van der Waals surface area contributed by atoms with Crippen molar-refractivity contribution in [3.63, 3.8) is 0 Å². The molecule has 0 spiro atoms. The molecular formula is C50H39N3S. The molecule has 3 aliphatic rings. The molecule has 3 unspecified atom stereocenters. The summed E-state index contributed by atoms with van der Waals surface area (Å²) >= 11 is 1.90. The zero-order chi connectivity index (χ0) is 36.0. The number of thioether (sulfide) groups is 1. The summed E-state index contributed by atoms with van der Waals surface area (Å²) in [6.07, 6.45) is 2.28. The lowest BCUT2D eigenvalue weighted by atomic mass is 9.81. The SMILES string of the molecule is CC1(C)c2cc(C3C=C(c4ccccc4)NC(c4ccc5c(ccc6ccc7c(c65)NC(c5ccccc5)S7)c4)N3)ccc2-c2cc3ccccc3cc21. The molecule has 4 heteroatoms. The van der Waals surface area contributed by atoms with Crippen LogP contribution in [0.25, 0.3) is 49.1 Å². The van der Waals surface area contributed by atoms with E-state index in [4.69, 9.17) is 0 Å². The van der Waals surface area contributed by atoms with Crippen LogP contribution in [0.2, 0.25) is 0 Å². The maximum absolute atomic E-state index is 4.02. The van der Waals surface area contributed by atoms with Crippen molar-refractivity contribution in [2.24, 2.45) is 0 Å². The zero-order valence-electron chi connectivity index (χ0n) is 30.2. The molecule has 3 atom stereocenters. The highest BCUT2D eigenvalue weighted by Crippen LogP contribution is 2.52. The molecule has 0 aromatic heterocycles. The van der Waals surface area contributed by atoms with E-state index in [-0.39, 0.29) is 23.0 Å². The number of rotatable bonds is 4. The van der Waals surface area contributed by atoms with Crippen LogP contribution in [0.15, 0.2) is 169 Å². The molecule has 0 amide bonds. The number of hydrogen-bond donors (Lipinski definition) is 3. The Morgan fingerprint density at radius 2 is 1.24 bits per heavy atom. The molecule has 0 radical (unpaired) electrons. The first kappa shape index (κ1) is 31.7. The van der Waals surface area contributed by atoms with E-state index >= 15 is 0 Å². The molecule has 0 saturated heterocycles. The van der Waals surface area contributed by atoms with Gasteiger partial charge >= 0.3 is 0 Å². The van der Waals surface area contributed by atoms with Gasteiger partial charge in [-0.15, -0.1) is 0 Å². The predicted molar refractivity (Wildman–Crippen MR) is 228 cm³/mol. The van der Waals surface area contributed by atoms with Crippen molar-refractivity contribution >= 4 is 55.5 Å². The first-order chi connectivity index (χ1) is 26.5. The molecule has 0 fully saturated rings. The highest BCUT2D eigenvalue weighted by atomic mass is 32.2. The molecule has 11 rings (SSSR count). The first-order valence-electron chi connectivity index (χ1n) is 18.9. The Morgan fingerprint density at radius 3 is 2.07 bits per heavy atom. The Morgan fingerprint density at radius 1 is 0.537 bits per heavy atom. The van der Waals surface area contributed by atoms with Crippen LogP contribution in [0.3, 0.4) is 0 Å². The Bertz CT molecular complexity index is 2820. The van der Waals surface area contributed by atoms with Gasteiger partial charge in [0.25, 0.3) is 0 Å². The highest BCUT2D eigenvalue weighted by molar-refractivity contribution is 8.00. The summed E-state index contributed by atoms with van der Waals surface area (Å²) in [5, 5.41) is 19.6. The van der Waals surface area contributed by atoms with Crippen LogP contribution in [0, 0.1) is 0 Å². The third kappa shape index (κ3) is 5.01. The van der Waals surface area contributed by atoms with Gasteiger partial charge in [-0.2, -0.15) is 0 Å². The van der Waals surface area contributed by atoms with Crippen molar-refractivity contribution in [3.8, 4) is 11.1 Å². The molecule has 1 aliphatic carbocycles. The third-order valence-electron chi connectivity index (χ3n) is 11.9. The van der Waals surface area contributed by atoms with Gasteiger partial charge in [-0.25, -0.2) is 0 Å². The summed E-state index contributed by atoms with van der Waals surface area (Å²) in [5.74, 6) is 0. The lowest BCUT2D eigenvalue weighted by molar-refractivity contribution is 0.442. The van der Waals surface area contributed by atoms with Gasteiger partial charge in [-0.3, -0.25) is 5.32 Å². The van der Waals surface area contributed by atoms with E-state index in [1.54, 1.807) is 0 Å². The molecule has 3 N–H and O–H groups in total. The molecule has 0 saturated carbocycles. The maximum Gasteiger partial charge on any atom is 0.104 e. The summed E-state index contributed by atoms with van der Waals surface area (Å²) in [4.78, 5) is 1.30. The van der Waals surface area contributed by atoms with E-state index < -0.39 is 0 Å². The molecule has 260 valence electrons. The lowest BCUT2D eigenvalue weighted by Crippen LogP contribution is -2.39. The van der Waals surface area contributed by atoms with E-state index in [0.29, 0.717) is 0 Å². The summed E-state index contributed by atoms with van der Waals surface area (Å²) < 4.78 is 0. The van der Waals surface area contributed by atoms with Gasteiger partial charge in [0.05, 0.1) is 11.7 Å². The average molecular weight is 714 g/mol. The Balaban J connectivity index is 0.975. The monoisotopic (exact) mass is 713 g/mol. The highest BCUT2D eigenvalue weighted by Gasteiger charge is 2.37. The van der Waals surface area contributed by atoms with E-state index in [0.717, 1.165) is 5.70 Å². The molecule has 2 aliphatic heterocycles. The minimum absolute atomic E-state index is 0.0158. The second kappa shape index (κ2) is 12.1. The summed E-state index contributed by atoms with van der Waals surface area (Å²) in [7, 11) is 0. The molecule has 0 bridgehead atoms. The minimum atomic E-state index is -0.0984. The number of fused-ring (bicyclic) bond motifs is 9. The fraction of sp³-hybridized carbons (Fsp3) is 0.120. The van der Waals surface area contributed by atoms with Crippen LogP contribution >= 0.6 is 11.8 Å². The Kier molecular flexibility index (Phi) is 7.11. The smallest absolute Gasteiger partial charge is 0.104 e. The van der Waals surface area contributed by atoms with Crippen LogP contribution in [0.4, 0.5) is 5.69 Å². The fourth-order valence-electron chi connectivity index (χ4n) is 9.08. The van der Waals surface area contributed by atoms with Gasteiger partial charge in [0.1, 0.15) is 11.5 Å². The summed E-state index contributed by atoms with van der Waals surface area (Å²) in [6, 6.07) is 58.3. The number of benzene rings is 8. The quantitative estimate of drug-likeness (QED) is 0.159. The van der Waals surface area contributed by atoms with Gasteiger partial charge in [-0.1, -0.05) is 159 Å². The van der Waals surface area contributed by atoms with E-state index in [2.05, 4.69) is 194 Å². The van der Waals surface area contributed by atoms with Gasteiger partial charge < -0.3 is 10.6 Å². The minimum Gasteiger partial charge on any atom is -0.368 e. The van der Waals surface area contributed by atoms with Crippen molar-refractivity contribution in [1.82, 2.24) is 10.6 Å². The summed E-state index contributed by atoms with van der Waals surface area (Å²) in [5.41, 5.74) is 12.8. The number of anilines is 1. The second-order valence-corrected chi connectivity index (χ2v) is 16.6. The van der Waals surface area contributed by atoms with Gasteiger partial charge in [-0.05, 0) is 102 Å². The Hall–Kier alpha value is -5.81. The van der Waals surface area contributed by atoms with E-state index in [1.807, 2.05) is 11.8 Å². The van der Waals surface area contributed by atoms with Crippen LogP contribution in [-0.4, -0.2) is 0 Å². The van der Waals surface area contributed by atoms with Gasteiger partial charge in [0.15, 0.2) is 0 Å². The van der Waals surface area contributed by atoms with Crippen molar-refractivity contribution in [2.75, 3.05) is 5.32 Å². The number of hydrogen-bond acceptors (Lipinski definition) is 4. The average Bonchev–Trinajstić information content (AvgIpc) is 3.76. The third-order valence-corrected chi connectivity index (χ3v) is 13.2. The van der Waals surface area contributed by atoms with Crippen molar-refractivity contribution in [3.05, 3.63) is 197 Å². The fourth-order valence-corrected chi connectivity index (χ4v) is 10.2. The summed E-state index contributed by atoms with van der Waals surface area (Å²) in [6.45, 7) is 4.76. The standard InChI is InChI=1S/C50H39N3S/c1-50(2)41-28-36(19-23-39(41)40-26-33-15-9-10-16-34(33)27-42(40)50)44-29-43(30-11-5-3-6-12-30)51-48(52-44)37-20-22-38-35(25-37)18-17-31-21-24-45-47(46(31)38)53-49(54-45)32-13-7-4-8-14-32/h3-29,44,48-49,51-53H,1-2H3. The molecule has 3 nitrogen and oxygen atoms in total. The normalized spacial score (nSPS) is 19.5. The molecule has 2 heterocycles. The van der Waals surface area contributed by atoms with Gasteiger partial charge in [0, 0.05) is 21.4 Å². The van der Waals surface area contributed by atoms with Crippen LogP contribution < -0.4 is 16.0 Å². The van der Waals surface area contributed by atoms with Crippen molar-refractivity contribution < 1.29 is 0 Å². The van der Waals surface area contributed by atoms with Crippen molar-refractivity contribution in [1.29, 1.82) is 0 Å². The zero-order valence-corrected chi connectivity index (χ0v) is 31.0. The van der Waals surface area contributed by atoms with Crippen LogP contribution in [-0.2, 0) is 5.41 Å². The topological polar surface area (TPSA) is 36.1 Å². The van der Waals surface area contributed by atoms with Crippen LogP contribution in [0.5, 0.6) is 0 Å². The predicted octanol–water partition coefficient (Wildman–Crippen LogP) is 12.6. The maximum atomic E-state index is 4.02. The largest absolute Gasteiger partial charge is 0.368 e. The van der Waals surface area contributed by atoms with Gasteiger partial charge in [0.2, 0.25) is 0 Å². The molecular weight excluding hydrogens is 675 g/mol. The van der Waals surface area contributed by atoms with E-state index in [9.17, 15) is 0 Å². The molecule has 54 heavy (non-hydrogen) atoms. The van der Waals surface area contributed by atoms with Crippen molar-refractivity contribution in [2.45, 2.75) is 41.7 Å². The number of nitrogens with one attached hydrogen (secondary N) is 3.